The van der Waals surface area contributed by atoms with Crippen LogP contribution in [0.5, 0.6) is 0 Å². The molecular formula is C16H9F4N3O. The predicted molar refractivity (Wildman–Crippen MR) is 77.1 cm³/mol. The standard InChI is InChI=1S/C16H9F4N3O/c17-14-8-12(1-2-13(14)16(18,19)20)23-15(7-11(9-24)22-23)10-3-5-21-6-4-10/h1-9H. The zero-order valence-electron chi connectivity index (χ0n) is 12.0. The summed E-state index contributed by atoms with van der Waals surface area (Å²) in [6.07, 6.45) is -1.25. The summed E-state index contributed by atoms with van der Waals surface area (Å²) in [7, 11) is 0. The molecule has 0 saturated carbocycles. The van der Waals surface area contributed by atoms with E-state index in [0.29, 0.717) is 23.6 Å². The van der Waals surface area contributed by atoms with Crippen molar-refractivity contribution in [3.63, 3.8) is 0 Å². The Morgan fingerprint density at radius 1 is 1.04 bits per heavy atom. The molecule has 24 heavy (non-hydrogen) atoms. The van der Waals surface area contributed by atoms with E-state index in [9.17, 15) is 22.4 Å². The molecule has 0 aliphatic rings. The molecule has 0 saturated heterocycles. The third-order valence-electron chi connectivity index (χ3n) is 3.33. The van der Waals surface area contributed by atoms with E-state index in [-0.39, 0.29) is 11.4 Å². The van der Waals surface area contributed by atoms with E-state index in [0.717, 1.165) is 12.1 Å². The molecule has 2 heterocycles. The molecular weight excluding hydrogens is 326 g/mol. The van der Waals surface area contributed by atoms with Crippen LogP contribution >= 0.6 is 0 Å². The summed E-state index contributed by atoms with van der Waals surface area (Å²) in [6, 6.07) is 7.21. The molecule has 2 aromatic heterocycles. The van der Waals surface area contributed by atoms with Crippen LogP contribution in [0.1, 0.15) is 16.1 Å². The topological polar surface area (TPSA) is 47.8 Å². The quantitative estimate of drug-likeness (QED) is 0.539. The second kappa shape index (κ2) is 5.88. The normalized spacial score (nSPS) is 11.5. The number of nitrogens with zero attached hydrogens (tertiary/aromatic N) is 3. The Morgan fingerprint density at radius 3 is 2.33 bits per heavy atom. The van der Waals surface area contributed by atoms with Gasteiger partial charge in [-0.2, -0.15) is 18.3 Å². The van der Waals surface area contributed by atoms with E-state index in [4.69, 9.17) is 0 Å². The number of aromatic nitrogens is 3. The first kappa shape index (κ1) is 15.9. The predicted octanol–water partition coefficient (Wildman–Crippen LogP) is 3.90. The van der Waals surface area contributed by atoms with Gasteiger partial charge in [0.05, 0.1) is 16.9 Å². The number of alkyl halides is 3. The van der Waals surface area contributed by atoms with Crippen LogP contribution in [0.3, 0.4) is 0 Å². The third kappa shape index (κ3) is 2.90. The molecule has 0 bridgehead atoms. The maximum Gasteiger partial charge on any atom is 0.419 e. The number of halogens is 4. The molecule has 0 fully saturated rings. The molecule has 0 N–H and O–H groups in total. The minimum absolute atomic E-state index is 0.0698. The van der Waals surface area contributed by atoms with Crippen molar-refractivity contribution in [3.8, 4) is 16.9 Å². The van der Waals surface area contributed by atoms with Crippen LogP contribution in [0.4, 0.5) is 17.6 Å². The van der Waals surface area contributed by atoms with Gasteiger partial charge in [-0.05, 0) is 30.3 Å². The van der Waals surface area contributed by atoms with Crippen LogP contribution in [0, 0.1) is 5.82 Å². The van der Waals surface area contributed by atoms with Crippen molar-refractivity contribution < 1.29 is 22.4 Å². The molecule has 4 nitrogen and oxygen atoms in total. The van der Waals surface area contributed by atoms with Gasteiger partial charge in [0, 0.05) is 24.0 Å². The molecule has 1 aromatic carbocycles. The summed E-state index contributed by atoms with van der Waals surface area (Å²) in [5.41, 5.74) is -0.161. The number of aldehydes is 1. The SMILES string of the molecule is O=Cc1cc(-c2ccncc2)n(-c2ccc(C(F)(F)F)c(F)c2)n1. The highest BCUT2D eigenvalue weighted by Crippen LogP contribution is 2.33. The fourth-order valence-corrected chi connectivity index (χ4v) is 2.25. The van der Waals surface area contributed by atoms with Crippen molar-refractivity contribution in [3.05, 3.63) is 65.9 Å². The number of carbonyl (C=O) groups is 1. The molecule has 3 rings (SSSR count). The number of hydrogen-bond acceptors (Lipinski definition) is 3. The number of benzene rings is 1. The van der Waals surface area contributed by atoms with Gasteiger partial charge < -0.3 is 0 Å². The molecule has 0 radical (unpaired) electrons. The van der Waals surface area contributed by atoms with Gasteiger partial charge in [0.2, 0.25) is 0 Å². The average Bonchev–Trinajstić information content (AvgIpc) is 2.99. The maximum atomic E-state index is 13.8. The zero-order chi connectivity index (χ0) is 17.3. The lowest BCUT2D eigenvalue weighted by atomic mass is 10.1. The van der Waals surface area contributed by atoms with Gasteiger partial charge in [-0.3, -0.25) is 9.78 Å². The van der Waals surface area contributed by atoms with Gasteiger partial charge in [-0.1, -0.05) is 0 Å². The van der Waals surface area contributed by atoms with Crippen LogP contribution in [-0.4, -0.2) is 21.1 Å². The number of rotatable bonds is 3. The van der Waals surface area contributed by atoms with Gasteiger partial charge >= 0.3 is 6.18 Å². The molecule has 8 heteroatoms. The van der Waals surface area contributed by atoms with Crippen molar-refractivity contribution in [1.29, 1.82) is 0 Å². The lowest BCUT2D eigenvalue weighted by Gasteiger charge is -2.11. The highest BCUT2D eigenvalue weighted by Gasteiger charge is 2.34. The van der Waals surface area contributed by atoms with Crippen molar-refractivity contribution >= 4 is 6.29 Å². The zero-order valence-corrected chi connectivity index (χ0v) is 12.0. The van der Waals surface area contributed by atoms with E-state index in [1.165, 1.54) is 23.1 Å². The van der Waals surface area contributed by atoms with Crippen molar-refractivity contribution in [2.45, 2.75) is 6.18 Å². The Labute approximate surface area is 133 Å². The van der Waals surface area contributed by atoms with Crippen LogP contribution in [-0.2, 0) is 6.18 Å². The summed E-state index contributed by atoms with van der Waals surface area (Å²) in [6.45, 7) is 0. The van der Waals surface area contributed by atoms with Crippen LogP contribution in [0.25, 0.3) is 16.9 Å². The molecule has 0 spiro atoms. The van der Waals surface area contributed by atoms with E-state index < -0.39 is 17.6 Å². The largest absolute Gasteiger partial charge is 0.419 e. The second-order valence-corrected chi connectivity index (χ2v) is 4.88. The van der Waals surface area contributed by atoms with E-state index >= 15 is 0 Å². The smallest absolute Gasteiger partial charge is 0.296 e. The summed E-state index contributed by atoms with van der Waals surface area (Å²) >= 11 is 0. The second-order valence-electron chi connectivity index (χ2n) is 4.88. The van der Waals surface area contributed by atoms with Crippen molar-refractivity contribution in [2.75, 3.05) is 0 Å². The molecule has 0 aliphatic carbocycles. The van der Waals surface area contributed by atoms with Crippen LogP contribution < -0.4 is 0 Å². The Hall–Kier alpha value is -3.03. The number of pyridine rings is 1. The molecule has 0 unspecified atom stereocenters. The van der Waals surface area contributed by atoms with E-state index in [2.05, 4.69) is 10.1 Å². The highest BCUT2D eigenvalue weighted by molar-refractivity contribution is 5.76. The van der Waals surface area contributed by atoms with Gasteiger partial charge in [0.25, 0.3) is 0 Å². The molecule has 0 atom stereocenters. The summed E-state index contributed by atoms with van der Waals surface area (Å²) < 4.78 is 53.0. The van der Waals surface area contributed by atoms with Gasteiger partial charge in [-0.25, -0.2) is 9.07 Å². The fraction of sp³-hybridized carbons (Fsp3) is 0.0625. The molecule has 0 aliphatic heterocycles. The average molecular weight is 335 g/mol. The Morgan fingerprint density at radius 2 is 1.75 bits per heavy atom. The van der Waals surface area contributed by atoms with Crippen LogP contribution in [0.2, 0.25) is 0 Å². The monoisotopic (exact) mass is 335 g/mol. The molecule has 3 aromatic rings. The first-order valence-electron chi connectivity index (χ1n) is 6.73. The summed E-state index contributed by atoms with van der Waals surface area (Å²) in [5.74, 6) is -1.41. The summed E-state index contributed by atoms with van der Waals surface area (Å²) in [4.78, 5) is 14.8. The highest BCUT2D eigenvalue weighted by atomic mass is 19.4. The van der Waals surface area contributed by atoms with Crippen molar-refractivity contribution in [2.24, 2.45) is 0 Å². The lowest BCUT2D eigenvalue weighted by Crippen LogP contribution is -2.09. The number of carbonyl (C=O) groups excluding carboxylic acids is 1. The Bertz CT molecular complexity index is 888. The lowest BCUT2D eigenvalue weighted by molar-refractivity contribution is -0.140. The first-order chi connectivity index (χ1) is 11.4. The Kier molecular flexibility index (Phi) is 3.88. The Balaban J connectivity index is 2.15. The van der Waals surface area contributed by atoms with E-state index in [1.807, 2.05) is 0 Å². The molecule has 122 valence electrons. The van der Waals surface area contributed by atoms with Gasteiger partial charge in [0.1, 0.15) is 11.5 Å². The summed E-state index contributed by atoms with van der Waals surface area (Å²) in [5, 5.41) is 3.99. The van der Waals surface area contributed by atoms with Gasteiger partial charge in [0.15, 0.2) is 6.29 Å². The number of hydrogen-bond donors (Lipinski definition) is 0. The minimum Gasteiger partial charge on any atom is -0.296 e. The third-order valence-corrected chi connectivity index (χ3v) is 3.33. The molecule has 0 amide bonds. The van der Waals surface area contributed by atoms with Crippen LogP contribution in [0.15, 0.2) is 48.8 Å². The van der Waals surface area contributed by atoms with Crippen molar-refractivity contribution in [1.82, 2.24) is 14.8 Å². The fourth-order valence-electron chi connectivity index (χ4n) is 2.25. The first-order valence-corrected chi connectivity index (χ1v) is 6.73. The van der Waals surface area contributed by atoms with Gasteiger partial charge in [-0.15, -0.1) is 0 Å². The van der Waals surface area contributed by atoms with E-state index in [1.54, 1.807) is 12.1 Å². The minimum atomic E-state index is -4.78. The maximum absolute atomic E-state index is 13.8.